The Bertz CT molecular complexity index is 1120. The Morgan fingerprint density at radius 2 is 1.67 bits per heavy atom. The Morgan fingerprint density at radius 1 is 1.00 bits per heavy atom. The number of aromatic nitrogens is 2. The third kappa shape index (κ3) is 6.00. The molecule has 7 nitrogen and oxygen atoms in total. The fraction of sp³-hybridized carbons (Fsp3) is 0.333. The van der Waals surface area contributed by atoms with Gasteiger partial charge in [-0.25, -0.2) is 4.39 Å². The monoisotopic (exact) mass is 467 g/mol. The Kier molecular flexibility index (Phi) is 7.10. The van der Waals surface area contributed by atoms with Crippen LogP contribution in [0.4, 0.5) is 4.39 Å². The zero-order valence-electron chi connectivity index (χ0n) is 18.7. The zero-order valence-corrected chi connectivity index (χ0v) is 19.5. The van der Waals surface area contributed by atoms with Crippen LogP contribution in [0.15, 0.2) is 42.5 Å². The fourth-order valence-electron chi connectivity index (χ4n) is 3.85. The van der Waals surface area contributed by atoms with E-state index < -0.39 is 0 Å². The molecule has 33 heavy (non-hydrogen) atoms. The molecule has 4 rings (SSSR count). The molecule has 0 atom stereocenters. The summed E-state index contributed by atoms with van der Waals surface area (Å²) < 4.78 is 13.0. The molecule has 0 aliphatic carbocycles. The van der Waals surface area contributed by atoms with Crippen molar-refractivity contribution in [1.29, 1.82) is 0 Å². The molecule has 1 aliphatic heterocycles. The molecule has 9 heteroatoms. The summed E-state index contributed by atoms with van der Waals surface area (Å²) in [5, 5.41) is 12.0. The average Bonchev–Trinajstić information content (AvgIpc) is 3.26. The Hall–Kier alpha value is -3.17. The van der Waals surface area contributed by atoms with E-state index in [-0.39, 0.29) is 17.6 Å². The molecule has 172 valence electrons. The number of benzene rings is 2. The maximum atomic E-state index is 13.0. The van der Waals surface area contributed by atoms with Crippen LogP contribution in [-0.4, -0.2) is 58.0 Å². The minimum absolute atomic E-state index is 0.0671. The van der Waals surface area contributed by atoms with E-state index in [4.69, 9.17) is 0 Å². The summed E-state index contributed by atoms with van der Waals surface area (Å²) in [4.78, 5) is 29.3. The lowest BCUT2D eigenvalue weighted by Crippen LogP contribution is -2.48. The maximum Gasteiger partial charge on any atom is 0.282 e. The van der Waals surface area contributed by atoms with E-state index in [0.29, 0.717) is 31.2 Å². The van der Waals surface area contributed by atoms with Crippen LogP contribution >= 0.6 is 11.3 Å². The normalized spacial score (nSPS) is 14.3. The number of piperazine rings is 1. The van der Waals surface area contributed by atoms with Gasteiger partial charge in [0.05, 0.1) is 6.54 Å². The molecule has 0 bridgehead atoms. The molecule has 1 aliphatic rings. The van der Waals surface area contributed by atoms with Gasteiger partial charge in [-0.15, -0.1) is 10.2 Å². The first kappa shape index (κ1) is 23.0. The molecule has 0 radical (unpaired) electrons. The quantitative estimate of drug-likeness (QED) is 0.603. The molecule has 0 unspecified atom stereocenters. The smallest absolute Gasteiger partial charge is 0.282 e. The van der Waals surface area contributed by atoms with Gasteiger partial charge in [-0.05, 0) is 43.7 Å². The molecule has 1 N–H and O–H groups in total. The lowest BCUT2D eigenvalue weighted by molar-refractivity contribution is 0.0628. The van der Waals surface area contributed by atoms with Crippen molar-refractivity contribution in [2.24, 2.45) is 0 Å². The van der Waals surface area contributed by atoms with Gasteiger partial charge in [0.15, 0.2) is 0 Å². The minimum atomic E-state index is -0.311. The molecule has 2 heterocycles. The zero-order chi connectivity index (χ0) is 23.4. The van der Waals surface area contributed by atoms with Crippen molar-refractivity contribution in [3.8, 4) is 0 Å². The Balaban J connectivity index is 1.26. The highest BCUT2D eigenvalue weighted by molar-refractivity contribution is 7.13. The largest absolute Gasteiger partial charge is 0.346 e. The van der Waals surface area contributed by atoms with Gasteiger partial charge in [0.25, 0.3) is 11.8 Å². The highest BCUT2D eigenvalue weighted by Crippen LogP contribution is 2.16. The summed E-state index contributed by atoms with van der Waals surface area (Å²) in [7, 11) is 0. The molecule has 0 saturated carbocycles. The van der Waals surface area contributed by atoms with Gasteiger partial charge in [-0.2, -0.15) is 0 Å². The van der Waals surface area contributed by atoms with E-state index in [9.17, 15) is 14.0 Å². The molecule has 2 aromatic carbocycles. The van der Waals surface area contributed by atoms with Gasteiger partial charge >= 0.3 is 0 Å². The predicted octanol–water partition coefficient (Wildman–Crippen LogP) is 3.18. The number of rotatable bonds is 6. The summed E-state index contributed by atoms with van der Waals surface area (Å²) in [5.41, 5.74) is 3.72. The van der Waals surface area contributed by atoms with Gasteiger partial charge in [-0.3, -0.25) is 14.5 Å². The van der Waals surface area contributed by atoms with E-state index in [1.165, 1.54) is 23.5 Å². The second-order valence-electron chi connectivity index (χ2n) is 8.25. The lowest BCUT2D eigenvalue weighted by atomic mass is 10.1. The van der Waals surface area contributed by atoms with Gasteiger partial charge in [0.1, 0.15) is 10.8 Å². The highest BCUT2D eigenvalue weighted by atomic mass is 32.1. The van der Waals surface area contributed by atoms with Crippen molar-refractivity contribution in [2.75, 3.05) is 26.2 Å². The molecule has 3 aromatic rings. The van der Waals surface area contributed by atoms with E-state index in [2.05, 4.69) is 26.5 Å². The molecular weight excluding hydrogens is 441 g/mol. The predicted molar refractivity (Wildman–Crippen MR) is 125 cm³/mol. The first-order valence-electron chi connectivity index (χ1n) is 10.8. The van der Waals surface area contributed by atoms with Crippen LogP contribution in [0.2, 0.25) is 0 Å². The van der Waals surface area contributed by atoms with Gasteiger partial charge in [0.2, 0.25) is 5.01 Å². The van der Waals surface area contributed by atoms with Crippen LogP contribution < -0.4 is 5.32 Å². The number of hydrogen-bond donors (Lipinski definition) is 1. The van der Waals surface area contributed by atoms with Crippen LogP contribution in [0.5, 0.6) is 0 Å². The van der Waals surface area contributed by atoms with Crippen molar-refractivity contribution < 1.29 is 14.0 Å². The number of carbonyl (C=O) groups is 2. The molecule has 0 spiro atoms. The summed E-state index contributed by atoms with van der Waals surface area (Å²) in [6.45, 7) is 7.66. The van der Waals surface area contributed by atoms with Gasteiger partial charge in [0, 0.05) is 38.3 Å². The average molecular weight is 468 g/mol. The van der Waals surface area contributed by atoms with Crippen LogP contribution in [0.1, 0.15) is 41.9 Å². The Morgan fingerprint density at radius 3 is 2.33 bits per heavy atom. The summed E-state index contributed by atoms with van der Waals surface area (Å²) in [6.07, 6.45) is 0. The van der Waals surface area contributed by atoms with Crippen LogP contribution in [0.25, 0.3) is 0 Å². The van der Waals surface area contributed by atoms with Crippen molar-refractivity contribution in [1.82, 2.24) is 25.3 Å². The van der Waals surface area contributed by atoms with Crippen molar-refractivity contribution >= 4 is 23.2 Å². The van der Waals surface area contributed by atoms with E-state index in [1.807, 2.05) is 30.9 Å². The van der Waals surface area contributed by atoms with Gasteiger partial charge in [-0.1, -0.05) is 40.7 Å². The van der Waals surface area contributed by atoms with Crippen LogP contribution in [-0.2, 0) is 13.1 Å². The molecule has 2 amide bonds. The number of halogens is 1. The maximum absolute atomic E-state index is 13.0. The fourth-order valence-corrected chi connectivity index (χ4v) is 4.65. The second kappa shape index (κ2) is 10.2. The van der Waals surface area contributed by atoms with Crippen LogP contribution in [0.3, 0.4) is 0 Å². The highest BCUT2D eigenvalue weighted by Gasteiger charge is 2.23. The number of nitrogens with one attached hydrogen (secondary N) is 1. The first-order chi connectivity index (χ1) is 15.9. The summed E-state index contributed by atoms with van der Waals surface area (Å²) >= 11 is 1.26. The number of amides is 2. The van der Waals surface area contributed by atoms with Crippen LogP contribution in [0, 0.1) is 19.7 Å². The van der Waals surface area contributed by atoms with Crippen molar-refractivity contribution in [2.45, 2.75) is 26.9 Å². The third-order valence-corrected chi connectivity index (χ3v) is 6.42. The molecule has 1 saturated heterocycles. The SMILES string of the molecule is Cc1cc(C)cc(C(=O)N2CCN(Cc3nnc(C(=O)NCc4ccc(F)cc4)s3)CC2)c1. The van der Waals surface area contributed by atoms with Crippen molar-refractivity contribution in [3.63, 3.8) is 0 Å². The standard InChI is InChI=1S/C24H26FN5O2S/c1-16-11-17(2)13-19(12-16)24(32)30-9-7-29(8-10-30)15-21-27-28-23(33-21)22(31)26-14-18-3-5-20(25)6-4-18/h3-6,11-13H,7-10,14-15H2,1-2H3,(H,26,31). The summed E-state index contributed by atoms with van der Waals surface area (Å²) in [6, 6.07) is 11.9. The van der Waals surface area contributed by atoms with E-state index >= 15 is 0 Å². The molecule has 1 aromatic heterocycles. The summed E-state index contributed by atoms with van der Waals surface area (Å²) in [5.74, 6) is -0.543. The third-order valence-electron chi connectivity index (χ3n) is 5.51. The van der Waals surface area contributed by atoms with E-state index in [0.717, 1.165) is 40.4 Å². The number of nitrogens with zero attached hydrogens (tertiary/aromatic N) is 4. The molecular formula is C24H26FN5O2S. The lowest BCUT2D eigenvalue weighted by Gasteiger charge is -2.34. The number of aryl methyl sites for hydroxylation is 2. The first-order valence-corrected chi connectivity index (χ1v) is 11.6. The second-order valence-corrected chi connectivity index (χ2v) is 9.32. The topological polar surface area (TPSA) is 78.4 Å². The van der Waals surface area contributed by atoms with Gasteiger partial charge < -0.3 is 10.2 Å². The Labute approximate surface area is 196 Å². The van der Waals surface area contributed by atoms with Crippen molar-refractivity contribution in [3.05, 3.63) is 80.6 Å². The number of carbonyl (C=O) groups excluding carboxylic acids is 2. The minimum Gasteiger partial charge on any atom is -0.346 e. The number of hydrogen-bond acceptors (Lipinski definition) is 6. The van der Waals surface area contributed by atoms with E-state index in [1.54, 1.807) is 12.1 Å². The molecule has 1 fully saturated rings.